The first-order valence-corrected chi connectivity index (χ1v) is 15.6. The first-order valence-electron chi connectivity index (χ1n) is 13.8. The zero-order valence-corrected chi connectivity index (χ0v) is 24.0. The smallest absolute Gasteiger partial charge is 0.274 e. The Labute approximate surface area is 242 Å². The molecule has 8 nitrogen and oxygen atoms in total. The summed E-state index contributed by atoms with van der Waals surface area (Å²) in [5.41, 5.74) is -1.64. The van der Waals surface area contributed by atoms with Crippen LogP contribution in [0.2, 0.25) is 0 Å². The van der Waals surface area contributed by atoms with Gasteiger partial charge in [-0.25, -0.2) is 26.6 Å². The Morgan fingerprint density at radius 1 is 1.02 bits per heavy atom. The summed E-state index contributed by atoms with van der Waals surface area (Å²) < 4.78 is 68.8. The highest BCUT2D eigenvalue weighted by Crippen LogP contribution is 2.43. The van der Waals surface area contributed by atoms with E-state index in [0.29, 0.717) is 17.7 Å². The number of aliphatic hydroxyl groups is 2. The second-order valence-corrected chi connectivity index (χ2v) is 13.8. The number of rotatable bonds is 5. The number of nitrogens with one attached hydrogen (secondary N) is 1. The fourth-order valence-corrected chi connectivity index (χ4v) is 7.42. The van der Waals surface area contributed by atoms with Crippen molar-refractivity contribution in [1.29, 1.82) is 0 Å². The Morgan fingerprint density at radius 2 is 1.69 bits per heavy atom. The number of benzene rings is 1. The number of aromatic nitrogens is 2. The molecule has 1 aliphatic heterocycles. The summed E-state index contributed by atoms with van der Waals surface area (Å²) in [5, 5.41) is 23.8. The minimum atomic E-state index is -3.17. The van der Waals surface area contributed by atoms with Gasteiger partial charge in [0.2, 0.25) is 0 Å². The van der Waals surface area contributed by atoms with Crippen molar-refractivity contribution in [3.05, 3.63) is 77.0 Å². The molecule has 1 aliphatic carbocycles. The van der Waals surface area contributed by atoms with Crippen LogP contribution < -0.4 is 5.32 Å². The zero-order chi connectivity index (χ0) is 30.4. The molecular weight excluding hydrogens is 571 g/mol. The van der Waals surface area contributed by atoms with Crippen LogP contribution in [0.1, 0.15) is 73.0 Å². The topological polar surface area (TPSA) is 129 Å². The molecule has 3 aromatic rings. The fourth-order valence-electron chi connectivity index (χ4n) is 5.93. The van der Waals surface area contributed by atoms with Crippen LogP contribution in [0.25, 0.3) is 11.3 Å². The third kappa shape index (κ3) is 5.93. The Hall–Kier alpha value is -3.35. The highest BCUT2D eigenvalue weighted by atomic mass is 32.2. The maximum Gasteiger partial charge on any atom is 0.274 e. The van der Waals surface area contributed by atoms with Crippen molar-refractivity contribution >= 4 is 21.4 Å². The van der Waals surface area contributed by atoms with E-state index in [4.69, 9.17) is 0 Å². The van der Waals surface area contributed by atoms with E-state index >= 15 is 8.78 Å². The summed E-state index contributed by atoms with van der Waals surface area (Å²) in [7, 11) is -3.17. The van der Waals surface area contributed by atoms with Crippen molar-refractivity contribution in [1.82, 2.24) is 9.97 Å². The van der Waals surface area contributed by atoms with Crippen molar-refractivity contribution < 1.29 is 36.6 Å². The number of sulfone groups is 1. The largest absolute Gasteiger partial charge is 0.390 e. The molecule has 2 fully saturated rings. The maximum absolute atomic E-state index is 15.2. The number of carbonyl (C=O) groups is 1. The van der Waals surface area contributed by atoms with Crippen LogP contribution in [0.5, 0.6) is 0 Å². The fraction of sp³-hybridized carbons (Fsp3) is 0.433. The highest BCUT2D eigenvalue weighted by molar-refractivity contribution is 7.91. The van der Waals surface area contributed by atoms with Gasteiger partial charge in [-0.2, -0.15) is 0 Å². The van der Waals surface area contributed by atoms with E-state index in [1.165, 1.54) is 6.20 Å². The van der Waals surface area contributed by atoms with Crippen molar-refractivity contribution in [2.45, 2.75) is 63.1 Å². The average molecular weight is 604 g/mol. The summed E-state index contributed by atoms with van der Waals surface area (Å²) in [5.74, 6) is -4.86. The number of hydrogen-bond acceptors (Lipinski definition) is 7. The van der Waals surface area contributed by atoms with Crippen LogP contribution in [0.3, 0.4) is 0 Å². The molecule has 3 N–H and O–H groups in total. The van der Waals surface area contributed by atoms with Gasteiger partial charge in [-0.1, -0.05) is 6.92 Å². The number of nitrogens with zero attached hydrogens (tertiary/aromatic N) is 2. The Bertz CT molecular complexity index is 1580. The number of halogens is 3. The average Bonchev–Trinajstić information content (AvgIpc) is 2.92. The van der Waals surface area contributed by atoms with Crippen LogP contribution in [0, 0.1) is 23.4 Å². The number of hydrogen-bond donors (Lipinski definition) is 3. The van der Waals surface area contributed by atoms with Gasteiger partial charge in [0.25, 0.3) is 5.91 Å². The van der Waals surface area contributed by atoms with Gasteiger partial charge in [-0.05, 0) is 91.8 Å². The molecule has 1 aromatic carbocycles. The van der Waals surface area contributed by atoms with E-state index in [9.17, 15) is 27.8 Å². The molecule has 1 saturated carbocycles. The lowest BCUT2D eigenvalue weighted by molar-refractivity contribution is -0.123. The minimum absolute atomic E-state index is 0.0736. The van der Waals surface area contributed by atoms with E-state index in [2.05, 4.69) is 15.3 Å². The third-order valence-corrected chi connectivity index (χ3v) is 10.5. The standard InChI is InChI=1S/C30H32F3N3O5S/c1-16-11-19(14-26(37)30(16,2)39)20-5-8-34-15-25(20)36-29(38)24-4-3-21(31)28(35-24)27-22(32)12-18(13-23(27)33)17-6-9-42(40,41)10-7-17/h3-5,8,12-13,15-17,19,26,37,39H,6-7,9-11,14H2,1-2H3,(H,36,38)/t16-,19+,26+,30-/m0/s1. The Balaban J connectivity index is 1.40. The molecule has 2 aromatic heterocycles. The third-order valence-electron chi connectivity index (χ3n) is 8.77. The van der Waals surface area contributed by atoms with E-state index in [1.54, 1.807) is 19.2 Å². The summed E-state index contributed by atoms with van der Waals surface area (Å²) in [6.45, 7) is 3.43. The van der Waals surface area contributed by atoms with E-state index in [1.807, 2.05) is 6.92 Å². The number of amides is 1. The van der Waals surface area contributed by atoms with E-state index < -0.39 is 56.2 Å². The highest BCUT2D eigenvalue weighted by Gasteiger charge is 2.43. The molecule has 12 heteroatoms. The van der Waals surface area contributed by atoms with Crippen molar-refractivity contribution in [3.8, 4) is 11.3 Å². The molecule has 5 rings (SSSR count). The summed E-state index contributed by atoms with van der Waals surface area (Å²) in [6.07, 6.45) is 3.26. The second-order valence-electron chi connectivity index (χ2n) is 11.5. The molecule has 0 radical (unpaired) electrons. The van der Waals surface area contributed by atoms with Gasteiger partial charge in [-0.3, -0.25) is 9.78 Å². The lowest BCUT2D eigenvalue weighted by Gasteiger charge is -2.43. The SMILES string of the molecule is C[C@H]1C[C@@H](c2ccncc2NC(=O)c2ccc(F)c(-c3c(F)cc(C4CCS(=O)(=O)CC4)cc3F)n2)C[C@@H](O)[C@@]1(C)O. The monoisotopic (exact) mass is 603 g/mol. The van der Waals surface area contributed by atoms with Crippen LogP contribution in [0.15, 0.2) is 42.7 Å². The lowest BCUT2D eigenvalue weighted by atomic mass is 9.69. The van der Waals surface area contributed by atoms with E-state index in [0.717, 1.165) is 24.3 Å². The van der Waals surface area contributed by atoms with Crippen molar-refractivity contribution in [2.24, 2.45) is 5.92 Å². The summed E-state index contributed by atoms with van der Waals surface area (Å²) in [4.78, 5) is 21.2. The normalized spacial score (nSPS) is 26.1. The molecule has 0 bridgehead atoms. The van der Waals surface area contributed by atoms with Gasteiger partial charge < -0.3 is 15.5 Å². The molecule has 224 valence electrons. The van der Waals surface area contributed by atoms with Gasteiger partial charge in [0.05, 0.1) is 40.7 Å². The number of pyridine rings is 2. The van der Waals surface area contributed by atoms with Gasteiger partial charge in [0.1, 0.15) is 38.7 Å². The minimum Gasteiger partial charge on any atom is -0.390 e. The van der Waals surface area contributed by atoms with Gasteiger partial charge in [-0.15, -0.1) is 0 Å². The van der Waals surface area contributed by atoms with Crippen LogP contribution in [0.4, 0.5) is 18.9 Å². The lowest BCUT2D eigenvalue weighted by Crippen LogP contribution is -2.49. The quantitative estimate of drug-likeness (QED) is 0.385. The first kappa shape index (κ1) is 30.1. The van der Waals surface area contributed by atoms with Crippen LogP contribution >= 0.6 is 0 Å². The number of anilines is 1. The molecule has 0 unspecified atom stereocenters. The molecule has 1 saturated heterocycles. The summed E-state index contributed by atoms with van der Waals surface area (Å²) in [6, 6.07) is 5.83. The van der Waals surface area contributed by atoms with Crippen LogP contribution in [-0.4, -0.2) is 57.7 Å². The molecule has 1 amide bonds. The van der Waals surface area contributed by atoms with Crippen molar-refractivity contribution in [2.75, 3.05) is 16.8 Å². The molecule has 0 spiro atoms. The number of aliphatic hydroxyl groups excluding tert-OH is 1. The molecule has 42 heavy (non-hydrogen) atoms. The van der Waals surface area contributed by atoms with Crippen LogP contribution in [-0.2, 0) is 9.84 Å². The van der Waals surface area contributed by atoms with Gasteiger partial charge >= 0.3 is 0 Å². The Kier molecular flexibility index (Phi) is 8.16. The molecule has 4 atom stereocenters. The predicted octanol–water partition coefficient (Wildman–Crippen LogP) is 4.73. The summed E-state index contributed by atoms with van der Waals surface area (Å²) >= 11 is 0. The Morgan fingerprint density at radius 3 is 2.33 bits per heavy atom. The van der Waals surface area contributed by atoms with E-state index in [-0.39, 0.29) is 59.8 Å². The van der Waals surface area contributed by atoms with Crippen molar-refractivity contribution in [3.63, 3.8) is 0 Å². The first-order chi connectivity index (χ1) is 19.8. The second kappa shape index (κ2) is 11.4. The molecular formula is C30H32F3N3O5S. The maximum atomic E-state index is 15.2. The predicted molar refractivity (Wildman–Crippen MR) is 150 cm³/mol. The van der Waals surface area contributed by atoms with Gasteiger partial charge in [0, 0.05) is 6.20 Å². The molecule has 2 aliphatic rings. The number of carbonyl (C=O) groups excluding carboxylic acids is 1. The molecule has 3 heterocycles. The zero-order valence-electron chi connectivity index (χ0n) is 23.1. The van der Waals surface area contributed by atoms with Gasteiger partial charge in [0.15, 0.2) is 0 Å².